The molecule has 94 valence electrons. The Labute approximate surface area is 109 Å². The molecule has 0 N–H and O–H groups in total. The Morgan fingerprint density at radius 2 is 1.95 bits per heavy atom. The van der Waals surface area contributed by atoms with Gasteiger partial charge in [0.15, 0.2) is 12.2 Å². The molecule has 5 nitrogen and oxygen atoms in total. The largest absolute Gasteiger partial charge is 0.440 e. The number of hydrogen-bond acceptors (Lipinski definition) is 4. The second-order valence-corrected chi connectivity index (χ2v) is 4.66. The van der Waals surface area contributed by atoms with Crippen LogP contribution in [0.1, 0.15) is 17.0 Å². The summed E-state index contributed by atoms with van der Waals surface area (Å²) in [6.07, 6.45) is 5.00. The maximum absolute atomic E-state index is 5.34. The Bertz CT molecular complexity index is 715. The van der Waals surface area contributed by atoms with E-state index in [0.717, 1.165) is 31.0 Å². The van der Waals surface area contributed by atoms with Gasteiger partial charge in [0.05, 0.1) is 12.7 Å². The minimum Gasteiger partial charge on any atom is -0.440 e. The van der Waals surface area contributed by atoms with Gasteiger partial charge in [-0.3, -0.25) is 0 Å². The highest BCUT2D eigenvalue weighted by Gasteiger charge is 2.20. The van der Waals surface area contributed by atoms with Gasteiger partial charge in [-0.05, 0) is 17.5 Å². The third-order valence-electron chi connectivity index (χ3n) is 3.54. The molecule has 3 heterocycles. The van der Waals surface area contributed by atoms with Gasteiger partial charge in [0.2, 0.25) is 5.82 Å². The van der Waals surface area contributed by atoms with Crippen LogP contribution in [-0.4, -0.2) is 19.7 Å². The van der Waals surface area contributed by atoms with E-state index in [2.05, 4.69) is 44.0 Å². The molecule has 1 aliphatic rings. The fourth-order valence-corrected chi connectivity index (χ4v) is 2.57. The lowest BCUT2D eigenvalue weighted by Crippen LogP contribution is -2.04. The van der Waals surface area contributed by atoms with Crippen LogP contribution in [0.5, 0.6) is 0 Å². The molecule has 0 bridgehead atoms. The minimum atomic E-state index is 0.665. The summed E-state index contributed by atoms with van der Waals surface area (Å²) < 4.78 is 7.46. The summed E-state index contributed by atoms with van der Waals surface area (Å²) >= 11 is 0. The van der Waals surface area contributed by atoms with Crippen molar-refractivity contribution in [1.29, 1.82) is 0 Å². The molecule has 5 heteroatoms. The Morgan fingerprint density at radius 3 is 2.79 bits per heavy atom. The van der Waals surface area contributed by atoms with Crippen molar-refractivity contribution in [1.82, 2.24) is 19.7 Å². The zero-order chi connectivity index (χ0) is 12.7. The second kappa shape index (κ2) is 4.05. The normalized spacial score (nSPS) is 13.7. The molecule has 0 fully saturated rings. The highest BCUT2D eigenvalue weighted by molar-refractivity contribution is 5.46. The number of oxazole rings is 1. The van der Waals surface area contributed by atoms with Crippen LogP contribution in [0, 0.1) is 0 Å². The summed E-state index contributed by atoms with van der Waals surface area (Å²) in [4.78, 5) is 3.95. The van der Waals surface area contributed by atoms with Crippen molar-refractivity contribution in [2.45, 2.75) is 19.4 Å². The lowest BCUT2D eigenvalue weighted by atomic mass is 10.0. The summed E-state index contributed by atoms with van der Waals surface area (Å²) in [5.74, 6) is 2.42. The molecule has 0 saturated heterocycles. The van der Waals surface area contributed by atoms with E-state index < -0.39 is 0 Å². The molecule has 0 aliphatic carbocycles. The second-order valence-electron chi connectivity index (χ2n) is 4.66. The fourth-order valence-electron chi connectivity index (χ4n) is 2.57. The van der Waals surface area contributed by atoms with Gasteiger partial charge in [0.1, 0.15) is 5.82 Å². The first-order valence-electron chi connectivity index (χ1n) is 6.29. The number of aromatic nitrogens is 4. The van der Waals surface area contributed by atoms with Gasteiger partial charge in [-0.15, -0.1) is 10.2 Å². The van der Waals surface area contributed by atoms with Crippen LogP contribution >= 0.6 is 0 Å². The molecular weight excluding hydrogens is 240 g/mol. The van der Waals surface area contributed by atoms with E-state index in [1.807, 2.05) is 0 Å². The highest BCUT2D eigenvalue weighted by Crippen LogP contribution is 2.24. The van der Waals surface area contributed by atoms with Crippen LogP contribution in [0.3, 0.4) is 0 Å². The van der Waals surface area contributed by atoms with Gasteiger partial charge < -0.3 is 8.98 Å². The molecule has 1 aromatic carbocycles. The molecule has 2 aromatic heterocycles. The fraction of sp³-hybridized carbons (Fsp3) is 0.214. The highest BCUT2D eigenvalue weighted by atomic mass is 16.3. The summed E-state index contributed by atoms with van der Waals surface area (Å²) in [7, 11) is 0. The molecule has 1 aliphatic heterocycles. The van der Waals surface area contributed by atoms with Crippen LogP contribution in [0.15, 0.2) is 41.3 Å². The number of nitrogens with zero attached hydrogens (tertiary/aromatic N) is 4. The molecule has 0 saturated carbocycles. The maximum atomic E-state index is 5.34. The number of rotatable bonds is 1. The number of fused-ring (bicyclic) bond motifs is 2. The zero-order valence-electron chi connectivity index (χ0n) is 10.3. The van der Waals surface area contributed by atoms with Crippen molar-refractivity contribution in [3.05, 3.63) is 53.8 Å². The Hall–Kier alpha value is -2.43. The van der Waals surface area contributed by atoms with E-state index in [-0.39, 0.29) is 0 Å². The van der Waals surface area contributed by atoms with Gasteiger partial charge >= 0.3 is 0 Å². The van der Waals surface area contributed by atoms with Gasteiger partial charge in [-0.2, -0.15) is 0 Å². The lowest BCUT2D eigenvalue weighted by molar-refractivity contribution is 0.561. The van der Waals surface area contributed by atoms with E-state index in [0.29, 0.717) is 5.76 Å². The van der Waals surface area contributed by atoms with Crippen molar-refractivity contribution in [3.8, 4) is 11.6 Å². The standard InChI is InChI=1S/C14H12N4O/c1-2-4-11-8-18-13(6-5-10(11)3-1)16-17-14(18)12-7-15-9-19-12/h1-4,7,9H,5-6,8H2. The summed E-state index contributed by atoms with van der Waals surface area (Å²) in [5.41, 5.74) is 2.71. The SMILES string of the molecule is c1ccc2c(c1)CCc1nnc(-c3cnco3)n1C2. The van der Waals surface area contributed by atoms with Crippen molar-refractivity contribution < 1.29 is 4.42 Å². The van der Waals surface area contributed by atoms with E-state index in [4.69, 9.17) is 4.42 Å². The quantitative estimate of drug-likeness (QED) is 0.665. The maximum Gasteiger partial charge on any atom is 0.201 e. The molecule has 0 atom stereocenters. The van der Waals surface area contributed by atoms with Gasteiger partial charge in [0.25, 0.3) is 0 Å². The summed E-state index contributed by atoms with van der Waals surface area (Å²) in [5, 5.41) is 8.51. The van der Waals surface area contributed by atoms with Crippen molar-refractivity contribution in [2.24, 2.45) is 0 Å². The van der Waals surface area contributed by atoms with E-state index in [1.165, 1.54) is 17.5 Å². The number of aryl methyl sites for hydroxylation is 2. The molecule has 3 aromatic rings. The molecule has 4 rings (SSSR count). The van der Waals surface area contributed by atoms with Crippen molar-refractivity contribution in [2.75, 3.05) is 0 Å². The van der Waals surface area contributed by atoms with Crippen LogP contribution in [0.2, 0.25) is 0 Å². The molecule has 0 radical (unpaired) electrons. The smallest absolute Gasteiger partial charge is 0.201 e. The molecular formula is C14H12N4O. The Morgan fingerprint density at radius 1 is 1.05 bits per heavy atom. The predicted molar refractivity (Wildman–Crippen MR) is 68.5 cm³/mol. The van der Waals surface area contributed by atoms with Crippen LogP contribution in [-0.2, 0) is 19.4 Å². The molecule has 0 amide bonds. The first-order chi connectivity index (χ1) is 9.42. The summed E-state index contributed by atoms with van der Waals surface area (Å²) in [6, 6.07) is 8.50. The topological polar surface area (TPSA) is 56.7 Å². The predicted octanol–water partition coefficient (Wildman–Crippen LogP) is 2.08. The Balaban J connectivity index is 1.85. The van der Waals surface area contributed by atoms with E-state index in [9.17, 15) is 0 Å². The molecule has 0 unspecified atom stereocenters. The van der Waals surface area contributed by atoms with Gasteiger partial charge in [-0.1, -0.05) is 24.3 Å². The van der Waals surface area contributed by atoms with Gasteiger partial charge in [-0.25, -0.2) is 4.98 Å². The van der Waals surface area contributed by atoms with Crippen LogP contribution < -0.4 is 0 Å². The zero-order valence-corrected chi connectivity index (χ0v) is 10.3. The van der Waals surface area contributed by atoms with E-state index in [1.54, 1.807) is 6.20 Å². The average molecular weight is 252 g/mol. The molecule has 19 heavy (non-hydrogen) atoms. The third-order valence-corrected chi connectivity index (χ3v) is 3.54. The first kappa shape index (κ1) is 10.5. The lowest BCUT2D eigenvalue weighted by Gasteiger charge is -2.07. The number of hydrogen-bond donors (Lipinski definition) is 0. The van der Waals surface area contributed by atoms with Crippen molar-refractivity contribution >= 4 is 0 Å². The Kier molecular flexibility index (Phi) is 2.24. The van der Waals surface area contributed by atoms with Crippen LogP contribution in [0.4, 0.5) is 0 Å². The number of benzene rings is 1. The third kappa shape index (κ3) is 1.66. The molecule has 0 spiro atoms. The van der Waals surface area contributed by atoms with Gasteiger partial charge in [0, 0.05) is 6.42 Å². The first-order valence-corrected chi connectivity index (χ1v) is 6.29. The van der Waals surface area contributed by atoms with Crippen LogP contribution in [0.25, 0.3) is 11.6 Å². The monoisotopic (exact) mass is 252 g/mol. The van der Waals surface area contributed by atoms with Crippen molar-refractivity contribution in [3.63, 3.8) is 0 Å². The van der Waals surface area contributed by atoms with E-state index >= 15 is 0 Å². The average Bonchev–Trinajstić information content (AvgIpc) is 3.04. The summed E-state index contributed by atoms with van der Waals surface area (Å²) in [6.45, 7) is 0.786. The minimum absolute atomic E-state index is 0.665.